The Labute approximate surface area is 205 Å². The Hall–Kier alpha value is -2.85. The maximum absolute atomic E-state index is 15.5. The Balaban J connectivity index is 1.44. The van der Waals surface area contributed by atoms with Crippen molar-refractivity contribution < 1.29 is 4.39 Å². The summed E-state index contributed by atoms with van der Waals surface area (Å²) in [5.41, 5.74) is 4.22. The fourth-order valence-electron chi connectivity index (χ4n) is 5.24. The Bertz CT molecular complexity index is 1160. The maximum atomic E-state index is 15.5. The largest absolute Gasteiger partial charge is 0.206 e. The Morgan fingerprint density at radius 3 is 2.38 bits per heavy atom. The van der Waals surface area contributed by atoms with Crippen LogP contribution in [0.3, 0.4) is 0 Å². The smallest absolute Gasteiger partial charge is 0.134 e. The number of benzene rings is 3. The van der Waals surface area contributed by atoms with Crippen LogP contribution in [0.2, 0.25) is 0 Å². The molecule has 176 valence electrons. The number of rotatable bonds is 7. The van der Waals surface area contributed by atoms with Crippen molar-refractivity contribution in [1.82, 2.24) is 0 Å². The van der Waals surface area contributed by atoms with Crippen molar-refractivity contribution in [2.45, 2.75) is 77.6 Å². The molecular formula is C33H37F. The monoisotopic (exact) mass is 452 g/mol. The van der Waals surface area contributed by atoms with Gasteiger partial charge in [0.1, 0.15) is 5.82 Å². The molecule has 1 fully saturated rings. The van der Waals surface area contributed by atoms with E-state index in [1.54, 1.807) is 0 Å². The zero-order chi connectivity index (χ0) is 23.8. The van der Waals surface area contributed by atoms with E-state index in [2.05, 4.69) is 68.2 Å². The zero-order valence-corrected chi connectivity index (χ0v) is 20.7. The molecule has 0 saturated heterocycles. The normalized spacial score (nSPS) is 18.2. The average Bonchev–Trinajstić information content (AvgIpc) is 2.88. The molecule has 0 aromatic heterocycles. The summed E-state index contributed by atoms with van der Waals surface area (Å²) in [6.45, 7) is 4.30. The molecule has 1 heteroatoms. The van der Waals surface area contributed by atoms with E-state index in [0.29, 0.717) is 5.92 Å². The molecule has 0 bridgehead atoms. The van der Waals surface area contributed by atoms with Gasteiger partial charge in [-0.1, -0.05) is 67.7 Å². The summed E-state index contributed by atoms with van der Waals surface area (Å²) in [6.07, 6.45) is 15.0. The second-order valence-electron chi connectivity index (χ2n) is 9.82. The summed E-state index contributed by atoms with van der Waals surface area (Å²) in [5, 5.41) is 1.65. The summed E-state index contributed by atoms with van der Waals surface area (Å²) < 4.78 is 15.5. The first-order valence-corrected chi connectivity index (χ1v) is 13.1. The summed E-state index contributed by atoms with van der Waals surface area (Å²) >= 11 is 0. The highest BCUT2D eigenvalue weighted by Gasteiger charge is 2.24. The molecule has 1 aliphatic carbocycles. The van der Waals surface area contributed by atoms with Crippen LogP contribution in [0.15, 0.2) is 66.7 Å². The molecule has 0 aliphatic heterocycles. The van der Waals surface area contributed by atoms with E-state index < -0.39 is 0 Å². The number of hydrogen-bond acceptors (Lipinski definition) is 0. The van der Waals surface area contributed by atoms with Gasteiger partial charge in [0.05, 0.1) is 0 Å². The third-order valence-corrected chi connectivity index (χ3v) is 7.37. The Kier molecular flexibility index (Phi) is 8.59. The molecule has 0 nitrogen and oxygen atoms in total. The maximum Gasteiger partial charge on any atom is 0.134 e. The number of allylic oxidation sites excluding steroid dienone is 2. The lowest BCUT2D eigenvalue weighted by atomic mass is 9.76. The van der Waals surface area contributed by atoms with E-state index in [9.17, 15) is 0 Å². The summed E-state index contributed by atoms with van der Waals surface area (Å²) in [5.74, 6) is 7.64. The van der Waals surface area contributed by atoms with Crippen LogP contribution >= 0.6 is 0 Å². The average molecular weight is 453 g/mol. The highest BCUT2D eigenvalue weighted by Crippen LogP contribution is 2.39. The second kappa shape index (κ2) is 12.0. The first-order valence-electron chi connectivity index (χ1n) is 13.1. The molecule has 0 atom stereocenters. The standard InChI is InChI=1S/C33H37F/c1-3-5-7-9-26-16-19-29(20-17-26)31-23-21-30-24-28(18-22-32(30)33(31)34)15-14-27-12-10-25(11-13-27)8-6-4-2/h3,5,10-13,18,21-24,26,29H,4,6-9,16-17,19-20H2,1-2H3/b5-3+. The molecule has 4 rings (SSSR count). The SMILES string of the molecule is C/C=C/CCC1CCC(c2ccc3cc(C#Cc4ccc(CCCC)cc4)ccc3c2F)CC1. The van der Waals surface area contributed by atoms with Gasteiger partial charge in [0.25, 0.3) is 0 Å². The highest BCUT2D eigenvalue weighted by atomic mass is 19.1. The van der Waals surface area contributed by atoms with Crippen LogP contribution in [-0.4, -0.2) is 0 Å². The molecule has 1 saturated carbocycles. The van der Waals surface area contributed by atoms with Crippen molar-refractivity contribution in [2.24, 2.45) is 5.92 Å². The number of halogens is 1. The van der Waals surface area contributed by atoms with Crippen LogP contribution in [0.1, 0.15) is 93.4 Å². The van der Waals surface area contributed by atoms with Crippen molar-refractivity contribution in [2.75, 3.05) is 0 Å². The molecule has 0 amide bonds. The molecule has 1 aliphatic rings. The number of aryl methyl sites for hydroxylation is 1. The molecule has 0 unspecified atom stereocenters. The predicted octanol–water partition coefficient (Wildman–Crippen LogP) is 9.35. The van der Waals surface area contributed by atoms with Gasteiger partial charge in [-0.2, -0.15) is 0 Å². The minimum atomic E-state index is -0.0305. The van der Waals surface area contributed by atoms with Crippen LogP contribution < -0.4 is 0 Å². The third kappa shape index (κ3) is 6.18. The summed E-state index contributed by atoms with van der Waals surface area (Å²) in [6, 6.07) is 18.5. The van der Waals surface area contributed by atoms with Gasteiger partial charge in [0, 0.05) is 16.5 Å². The minimum absolute atomic E-state index is 0.0305. The van der Waals surface area contributed by atoms with Gasteiger partial charge in [0.2, 0.25) is 0 Å². The Morgan fingerprint density at radius 2 is 1.65 bits per heavy atom. The van der Waals surface area contributed by atoms with Gasteiger partial charge in [-0.15, -0.1) is 0 Å². The van der Waals surface area contributed by atoms with E-state index in [1.165, 1.54) is 44.1 Å². The van der Waals surface area contributed by atoms with E-state index in [1.807, 2.05) is 24.3 Å². The number of unbranched alkanes of at least 4 members (excludes halogenated alkanes) is 1. The van der Waals surface area contributed by atoms with Gasteiger partial charge in [-0.3, -0.25) is 0 Å². The molecule has 0 heterocycles. The van der Waals surface area contributed by atoms with E-state index >= 15 is 4.39 Å². The van der Waals surface area contributed by atoms with Gasteiger partial charge >= 0.3 is 0 Å². The van der Waals surface area contributed by atoms with Crippen LogP contribution in [0.25, 0.3) is 10.8 Å². The third-order valence-electron chi connectivity index (χ3n) is 7.37. The van der Waals surface area contributed by atoms with Gasteiger partial charge in [-0.25, -0.2) is 4.39 Å². The van der Waals surface area contributed by atoms with Gasteiger partial charge < -0.3 is 0 Å². The lowest BCUT2D eigenvalue weighted by Crippen LogP contribution is -2.14. The van der Waals surface area contributed by atoms with Crippen molar-refractivity contribution in [3.8, 4) is 11.8 Å². The van der Waals surface area contributed by atoms with E-state index in [-0.39, 0.29) is 5.82 Å². The number of hydrogen-bond donors (Lipinski definition) is 0. The van der Waals surface area contributed by atoms with E-state index in [4.69, 9.17) is 0 Å². The predicted molar refractivity (Wildman–Crippen MR) is 144 cm³/mol. The van der Waals surface area contributed by atoms with Crippen molar-refractivity contribution in [3.05, 3.63) is 94.8 Å². The van der Waals surface area contributed by atoms with E-state index in [0.717, 1.165) is 52.6 Å². The topological polar surface area (TPSA) is 0 Å². The van der Waals surface area contributed by atoms with Crippen molar-refractivity contribution in [3.63, 3.8) is 0 Å². The molecule has 3 aromatic carbocycles. The molecule has 34 heavy (non-hydrogen) atoms. The molecule has 3 aromatic rings. The quantitative estimate of drug-likeness (QED) is 0.247. The van der Waals surface area contributed by atoms with Crippen molar-refractivity contribution >= 4 is 10.8 Å². The first-order chi connectivity index (χ1) is 16.7. The van der Waals surface area contributed by atoms with Crippen LogP contribution in [0.4, 0.5) is 4.39 Å². The fraction of sp³-hybridized carbons (Fsp3) is 0.394. The lowest BCUT2D eigenvalue weighted by molar-refractivity contribution is 0.308. The first kappa shape index (κ1) is 24.3. The second-order valence-corrected chi connectivity index (χ2v) is 9.82. The molecule has 0 radical (unpaired) electrons. The van der Waals surface area contributed by atoms with Gasteiger partial charge in [0.15, 0.2) is 0 Å². The molecule has 0 spiro atoms. The molecular weight excluding hydrogens is 415 g/mol. The Morgan fingerprint density at radius 1 is 0.912 bits per heavy atom. The van der Waals surface area contributed by atoms with Crippen LogP contribution in [-0.2, 0) is 6.42 Å². The fourth-order valence-corrected chi connectivity index (χ4v) is 5.24. The number of fused-ring (bicyclic) bond motifs is 1. The minimum Gasteiger partial charge on any atom is -0.206 e. The van der Waals surface area contributed by atoms with Crippen LogP contribution in [0, 0.1) is 23.6 Å². The summed E-state index contributed by atoms with van der Waals surface area (Å²) in [7, 11) is 0. The summed E-state index contributed by atoms with van der Waals surface area (Å²) in [4.78, 5) is 0. The highest BCUT2D eigenvalue weighted by molar-refractivity contribution is 5.85. The van der Waals surface area contributed by atoms with Crippen molar-refractivity contribution in [1.29, 1.82) is 0 Å². The van der Waals surface area contributed by atoms with Crippen LogP contribution in [0.5, 0.6) is 0 Å². The van der Waals surface area contributed by atoms with Gasteiger partial charge in [-0.05, 0) is 111 Å². The molecule has 0 N–H and O–H groups in total. The zero-order valence-electron chi connectivity index (χ0n) is 20.7. The lowest BCUT2D eigenvalue weighted by Gasteiger charge is -2.29.